The smallest absolute Gasteiger partial charge is 0.406 e. The molecule has 11 heteroatoms. The molecule has 0 aliphatic heterocycles. The van der Waals surface area contributed by atoms with Crippen molar-refractivity contribution in [2.45, 2.75) is 20.2 Å². The van der Waals surface area contributed by atoms with Gasteiger partial charge in [0.25, 0.3) is 5.91 Å². The van der Waals surface area contributed by atoms with Gasteiger partial charge in [-0.2, -0.15) is 5.10 Å². The molecular formula is C22H18F3N5O3. The first-order valence-electron chi connectivity index (χ1n) is 9.68. The maximum Gasteiger partial charge on any atom is 0.573 e. The standard InChI is InChI=1S/C22H18F3N5O3/c1-12-17(13(2)30(28-12)15-6-4-3-5-7-15)19-18(20(26)33-29-19)21(31)27-14-8-10-16(11-9-14)32-22(23,24)25/h3-11H,26H2,1-2H3,(H,27,31). The van der Waals surface area contributed by atoms with E-state index in [4.69, 9.17) is 10.3 Å². The van der Waals surface area contributed by atoms with Crippen LogP contribution in [-0.2, 0) is 0 Å². The van der Waals surface area contributed by atoms with Gasteiger partial charge in [0.15, 0.2) is 0 Å². The second-order valence-corrected chi connectivity index (χ2v) is 7.09. The lowest BCUT2D eigenvalue weighted by atomic mass is 10.0. The highest BCUT2D eigenvalue weighted by molar-refractivity contribution is 6.11. The molecule has 0 aliphatic carbocycles. The number of carbonyl (C=O) groups excluding carboxylic acids is 1. The third kappa shape index (κ3) is 4.52. The number of hydrogen-bond acceptors (Lipinski definition) is 6. The molecule has 0 saturated carbocycles. The second-order valence-electron chi connectivity index (χ2n) is 7.09. The molecule has 0 fully saturated rings. The third-order valence-corrected chi connectivity index (χ3v) is 4.82. The van der Waals surface area contributed by atoms with Crippen LogP contribution in [0.5, 0.6) is 5.75 Å². The molecular weight excluding hydrogens is 439 g/mol. The third-order valence-electron chi connectivity index (χ3n) is 4.82. The molecule has 0 radical (unpaired) electrons. The highest BCUT2D eigenvalue weighted by Gasteiger charge is 2.31. The molecule has 1 amide bonds. The number of nitrogens with two attached hydrogens (primary N) is 1. The number of aromatic nitrogens is 3. The Morgan fingerprint density at radius 1 is 1.09 bits per heavy atom. The van der Waals surface area contributed by atoms with Crippen LogP contribution in [0.25, 0.3) is 16.9 Å². The Bertz CT molecular complexity index is 1300. The summed E-state index contributed by atoms with van der Waals surface area (Å²) >= 11 is 0. The Morgan fingerprint density at radius 2 is 1.76 bits per heavy atom. The number of nitrogen functional groups attached to an aromatic ring is 1. The fraction of sp³-hybridized carbons (Fsp3) is 0.136. The predicted molar refractivity (Wildman–Crippen MR) is 114 cm³/mol. The summed E-state index contributed by atoms with van der Waals surface area (Å²) in [5.74, 6) is -1.25. The lowest BCUT2D eigenvalue weighted by Gasteiger charge is -2.10. The Kier molecular flexibility index (Phi) is 5.54. The van der Waals surface area contributed by atoms with Crippen molar-refractivity contribution in [2.75, 3.05) is 11.1 Å². The van der Waals surface area contributed by atoms with Gasteiger partial charge in [-0.05, 0) is 50.2 Å². The number of ether oxygens (including phenoxy) is 1. The van der Waals surface area contributed by atoms with Crippen LogP contribution in [0.4, 0.5) is 24.7 Å². The number of nitrogens with zero attached hydrogens (tertiary/aromatic N) is 3. The van der Waals surface area contributed by atoms with Gasteiger partial charge in [-0.15, -0.1) is 13.2 Å². The van der Waals surface area contributed by atoms with Gasteiger partial charge in [-0.3, -0.25) is 4.79 Å². The molecule has 0 bridgehead atoms. The van der Waals surface area contributed by atoms with Crippen LogP contribution in [0.3, 0.4) is 0 Å². The number of aryl methyl sites for hydroxylation is 1. The zero-order valence-electron chi connectivity index (χ0n) is 17.5. The van der Waals surface area contributed by atoms with E-state index in [-0.39, 0.29) is 22.8 Å². The minimum atomic E-state index is -4.81. The Labute approximate surface area is 185 Å². The van der Waals surface area contributed by atoms with Gasteiger partial charge >= 0.3 is 6.36 Å². The fourth-order valence-corrected chi connectivity index (χ4v) is 3.43. The molecule has 3 N–H and O–H groups in total. The predicted octanol–water partition coefficient (Wildman–Crippen LogP) is 4.88. The van der Waals surface area contributed by atoms with E-state index < -0.39 is 18.0 Å². The molecule has 4 rings (SSSR count). The van der Waals surface area contributed by atoms with Gasteiger partial charge in [0.05, 0.1) is 17.1 Å². The summed E-state index contributed by atoms with van der Waals surface area (Å²) in [4.78, 5) is 13.0. The number of nitrogens with one attached hydrogen (secondary N) is 1. The normalized spacial score (nSPS) is 11.4. The van der Waals surface area contributed by atoms with Crippen LogP contribution >= 0.6 is 0 Å². The molecule has 0 unspecified atom stereocenters. The molecule has 33 heavy (non-hydrogen) atoms. The van der Waals surface area contributed by atoms with E-state index in [1.165, 1.54) is 12.1 Å². The van der Waals surface area contributed by atoms with Crippen LogP contribution < -0.4 is 15.8 Å². The summed E-state index contributed by atoms with van der Waals surface area (Å²) < 4.78 is 47.6. The number of halogens is 3. The van der Waals surface area contributed by atoms with Crippen molar-refractivity contribution in [1.82, 2.24) is 14.9 Å². The number of hydrogen-bond donors (Lipinski definition) is 2. The van der Waals surface area contributed by atoms with E-state index in [1.54, 1.807) is 11.6 Å². The number of amides is 1. The van der Waals surface area contributed by atoms with Gasteiger partial charge in [-0.1, -0.05) is 23.4 Å². The number of benzene rings is 2. The van der Waals surface area contributed by atoms with Crippen molar-refractivity contribution < 1.29 is 27.2 Å². The average molecular weight is 457 g/mol. The lowest BCUT2D eigenvalue weighted by molar-refractivity contribution is -0.274. The first-order valence-corrected chi connectivity index (χ1v) is 9.68. The Hall–Kier alpha value is -4.28. The zero-order chi connectivity index (χ0) is 23.8. The summed E-state index contributed by atoms with van der Waals surface area (Å²) in [6.07, 6.45) is -4.81. The Morgan fingerprint density at radius 3 is 2.39 bits per heavy atom. The Balaban J connectivity index is 1.64. The molecule has 0 aliphatic rings. The summed E-state index contributed by atoms with van der Waals surface area (Å²) in [7, 11) is 0. The highest BCUT2D eigenvalue weighted by atomic mass is 19.4. The number of rotatable bonds is 5. The quantitative estimate of drug-likeness (QED) is 0.442. The first kappa shape index (κ1) is 21.9. The molecule has 0 spiro atoms. The van der Waals surface area contributed by atoms with Crippen LogP contribution in [0, 0.1) is 13.8 Å². The summed E-state index contributed by atoms with van der Waals surface area (Å²) in [6, 6.07) is 14.1. The number of alkyl halides is 3. The summed E-state index contributed by atoms with van der Waals surface area (Å²) in [5, 5.41) is 11.1. The van der Waals surface area contributed by atoms with E-state index in [0.717, 1.165) is 23.5 Å². The minimum Gasteiger partial charge on any atom is -0.406 e. The highest BCUT2D eigenvalue weighted by Crippen LogP contribution is 2.34. The average Bonchev–Trinajstić information content (AvgIpc) is 3.27. The largest absolute Gasteiger partial charge is 0.573 e. The maximum atomic E-state index is 13.0. The van der Waals surface area contributed by atoms with E-state index in [9.17, 15) is 18.0 Å². The van der Waals surface area contributed by atoms with Crippen LogP contribution in [-0.4, -0.2) is 27.2 Å². The molecule has 0 saturated heterocycles. The second kappa shape index (κ2) is 8.34. The number of anilines is 2. The molecule has 2 heterocycles. The van der Waals surface area contributed by atoms with Gasteiger partial charge < -0.3 is 20.3 Å². The van der Waals surface area contributed by atoms with Crippen molar-refractivity contribution in [3.05, 3.63) is 71.5 Å². The molecule has 0 atom stereocenters. The first-order chi connectivity index (χ1) is 15.6. The summed E-state index contributed by atoms with van der Waals surface area (Å²) in [6.45, 7) is 3.60. The fourth-order valence-electron chi connectivity index (χ4n) is 3.43. The number of para-hydroxylation sites is 1. The van der Waals surface area contributed by atoms with Gasteiger partial charge in [0, 0.05) is 11.3 Å². The molecule has 2 aromatic carbocycles. The van der Waals surface area contributed by atoms with Gasteiger partial charge in [0.1, 0.15) is 17.0 Å². The van der Waals surface area contributed by atoms with Crippen molar-refractivity contribution >= 4 is 17.5 Å². The molecule has 8 nitrogen and oxygen atoms in total. The van der Waals surface area contributed by atoms with Crippen molar-refractivity contribution in [3.8, 4) is 22.7 Å². The van der Waals surface area contributed by atoms with Gasteiger partial charge in [-0.25, -0.2) is 4.68 Å². The van der Waals surface area contributed by atoms with E-state index in [2.05, 4.69) is 20.3 Å². The maximum absolute atomic E-state index is 13.0. The van der Waals surface area contributed by atoms with Crippen LogP contribution in [0.1, 0.15) is 21.7 Å². The van der Waals surface area contributed by atoms with Crippen LogP contribution in [0.2, 0.25) is 0 Å². The van der Waals surface area contributed by atoms with E-state index >= 15 is 0 Å². The lowest BCUT2D eigenvalue weighted by Crippen LogP contribution is -2.17. The van der Waals surface area contributed by atoms with Crippen LogP contribution in [0.15, 0.2) is 59.1 Å². The van der Waals surface area contributed by atoms with Crippen molar-refractivity contribution in [3.63, 3.8) is 0 Å². The zero-order valence-corrected chi connectivity index (χ0v) is 17.5. The van der Waals surface area contributed by atoms with Crippen molar-refractivity contribution in [1.29, 1.82) is 0 Å². The molecule has 2 aromatic heterocycles. The minimum absolute atomic E-state index is 0.00979. The molecule has 4 aromatic rings. The monoisotopic (exact) mass is 457 g/mol. The summed E-state index contributed by atoms with van der Waals surface area (Å²) in [5.41, 5.74) is 9.04. The number of carbonyl (C=O) groups is 1. The van der Waals surface area contributed by atoms with Crippen molar-refractivity contribution in [2.24, 2.45) is 0 Å². The van der Waals surface area contributed by atoms with E-state index in [1.807, 2.05) is 37.3 Å². The van der Waals surface area contributed by atoms with E-state index in [0.29, 0.717) is 11.3 Å². The SMILES string of the molecule is Cc1nn(-c2ccccc2)c(C)c1-c1noc(N)c1C(=O)Nc1ccc(OC(F)(F)F)cc1. The van der Waals surface area contributed by atoms with Gasteiger partial charge in [0.2, 0.25) is 5.88 Å². The molecule has 170 valence electrons. The topological polar surface area (TPSA) is 108 Å².